The van der Waals surface area contributed by atoms with Crippen molar-refractivity contribution in [1.82, 2.24) is 19.9 Å². The molecule has 0 saturated carbocycles. The zero-order valence-corrected chi connectivity index (χ0v) is 18.9. The van der Waals surface area contributed by atoms with Gasteiger partial charge in [0.1, 0.15) is 11.6 Å². The van der Waals surface area contributed by atoms with Crippen molar-refractivity contribution >= 4 is 5.82 Å². The maximum Gasteiger partial charge on any atom is 0.163 e. The van der Waals surface area contributed by atoms with Gasteiger partial charge >= 0.3 is 0 Å². The summed E-state index contributed by atoms with van der Waals surface area (Å²) in [6, 6.07) is 12.5. The number of hydrogen-bond acceptors (Lipinski definition) is 6. The van der Waals surface area contributed by atoms with E-state index in [1.54, 1.807) is 13.3 Å². The highest BCUT2D eigenvalue weighted by Crippen LogP contribution is 2.31. The van der Waals surface area contributed by atoms with Crippen LogP contribution in [-0.4, -0.2) is 54.1 Å². The number of aryl methyl sites for hydroxylation is 1. The quantitative estimate of drug-likeness (QED) is 0.596. The molecule has 1 fully saturated rings. The lowest BCUT2D eigenvalue weighted by atomic mass is 9.93. The molecule has 1 saturated heterocycles. The van der Waals surface area contributed by atoms with E-state index in [9.17, 15) is 0 Å². The molecule has 0 amide bonds. The summed E-state index contributed by atoms with van der Waals surface area (Å²) in [5, 5.41) is 0. The van der Waals surface area contributed by atoms with Crippen LogP contribution in [0.1, 0.15) is 35.6 Å². The van der Waals surface area contributed by atoms with Crippen LogP contribution in [0.4, 0.5) is 5.82 Å². The van der Waals surface area contributed by atoms with Crippen molar-refractivity contribution in [3.8, 4) is 17.1 Å². The summed E-state index contributed by atoms with van der Waals surface area (Å²) in [6.45, 7) is 5.07. The Morgan fingerprint density at radius 2 is 2.03 bits per heavy atom. The highest BCUT2D eigenvalue weighted by Gasteiger charge is 2.25. The normalized spacial score (nSPS) is 16.8. The minimum atomic E-state index is 0.377. The van der Waals surface area contributed by atoms with E-state index in [4.69, 9.17) is 14.7 Å². The van der Waals surface area contributed by atoms with Gasteiger partial charge in [-0.3, -0.25) is 9.88 Å². The van der Waals surface area contributed by atoms with Gasteiger partial charge in [-0.15, -0.1) is 0 Å². The molecule has 162 valence electrons. The number of ether oxygens (including phenoxy) is 1. The maximum absolute atomic E-state index is 5.68. The Bertz CT molecular complexity index is 1020. The largest absolute Gasteiger partial charge is 0.496 e. The Hall–Kier alpha value is -2.99. The first-order valence-electron chi connectivity index (χ1n) is 10.9. The Balaban J connectivity index is 1.59. The first kappa shape index (κ1) is 21.2. The van der Waals surface area contributed by atoms with Crippen LogP contribution in [0, 0.1) is 6.92 Å². The highest BCUT2D eigenvalue weighted by molar-refractivity contribution is 5.57. The number of nitrogens with zero attached hydrogens (tertiary/aromatic N) is 5. The molecule has 0 N–H and O–H groups in total. The molecule has 0 bridgehead atoms. The molecule has 3 heterocycles. The fourth-order valence-corrected chi connectivity index (χ4v) is 4.33. The molecule has 1 atom stereocenters. The van der Waals surface area contributed by atoms with Crippen molar-refractivity contribution in [1.29, 1.82) is 0 Å². The van der Waals surface area contributed by atoms with Gasteiger partial charge < -0.3 is 9.64 Å². The number of piperidine rings is 1. The van der Waals surface area contributed by atoms with Crippen LogP contribution in [0.15, 0.2) is 48.8 Å². The van der Waals surface area contributed by atoms with Crippen molar-refractivity contribution in [2.75, 3.05) is 39.2 Å². The molecule has 0 unspecified atom stereocenters. The van der Waals surface area contributed by atoms with E-state index in [0.717, 1.165) is 61.1 Å². The van der Waals surface area contributed by atoms with Crippen molar-refractivity contribution in [3.05, 3.63) is 65.6 Å². The zero-order valence-electron chi connectivity index (χ0n) is 18.9. The lowest BCUT2D eigenvalue weighted by molar-refractivity contribution is 0.196. The van der Waals surface area contributed by atoms with Crippen LogP contribution in [-0.2, 0) is 6.54 Å². The van der Waals surface area contributed by atoms with E-state index in [2.05, 4.69) is 41.1 Å². The topological polar surface area (TPSA) is 54.4 Å². The van der Waals surface area contributed by atoms with Gasteiger partial charge in [-0.2, -0.15) is 0 Å². The molecule has 0 radical (unpaired) electrons. The third-order valence-corrected chi connectivity index (χ3v) is 5.93. The first-order chi connectivity index (χ1) is 15.0. The summed E-state index contributed by atoms with van der Waals surface area (Å²) in [5.74, 6) is 3.05. The predicted molar refractivity (Wildman–Crippen MR) is 125 cm³/mol. The second kappa shape index (κ2) is 9.43. The molecule has 2 aromatic heterocycles. The van der Waals surface area contributed by atoms with Gasteiger partial charge in [-0.1, -0.05) is 18.2 Å². The van der Waals surface area contributed by atoms with E-state index < -0.39 is 0 Å². The summed E-state index contributed by atoms with van der Waals surface area (Å²) in [6.07, 6.45) is 5.90. The van der Waals surface area contributed by atoms with Gasteiger partial charge in [-0.25, -0.2) is 9.97 Å². The predicted octanol–water partition coefficient (Wildman–Crippen LogP) is 4.30. The second-order valence-corrected chi connectivity index (χ2v) is 8.45. The number of likely N-dealkylation sites (tertiary alicyclic amines) is 1. The number of rotatable bonds is 6. The lowest BCUT2D eigenvalue weighted by Gasteiger charge is -2.33. The third-order valence-electron chi connectivity index (χ3n) is 5.93. The number of aromatic nitrogens is 3. The van der Waals surface area contributed by atoms with Crippen LogP contribution < -0.4 is 9.64 Å². The molecule has 1 aliphatic heterocycles. The number of methoxy groups -OCH3 is 1. The fraction of sp³-hybridized carbons (Fsp3) is 0.400. The van der Waals surface area contributed by atoms with Gasteiger partial charge in [0.05, 0.1) is 12.8 Å². The van der Waals surface area contributed by atoms with Crippen molar-refractivity contribution in [3.63, 3.8) is 0 Å². The SMILES string of the molecule is COc1c(C)cccc1CN1CCC[C@@H](c2cc(N(C)C)nc(-c3cccnc3)n2)C1. The van der Waals surface area contributed by atoms with Crippen molar-refractivity contribution in [2.24, 2.45) is 0 Å². The average Bonchev–Trinajstić information content (AvgIpc) is 2.80. The molecule has 0 aliphatic carbocycles. The minimum Gasteiger partial charge on any atom is -0.496 e. The second-order valence-electron chi connectivity index (χ2n) is 8.45. The van der Waals surface area contributed by atoms with E-state index in [-0.39, 0.29) is 0 Å². The van der Waals surface area contributed by atoms with Crippen LogP contribution in [0.5, 0.6) is 5.75 Å². The number of anilines is 1. The monoisotopic (exact) mass is 417 g/mol. The zero-order chi connectivity index (χ0) is 21.8. The smallest absolute Gasteiger partial charge is 0.163 e. The summed E-state index contributed by atoms with van der Waals surface area (Å²) in [4.78, 5) is 18.5. The van der Waals surface area contributed by atoms with Crippen LogP contribution in [0.2, 0.25) is 0 Å². The van der Waals surface area contributed by atoms with Gasteiger partial charge in [0, 0.05) is 62.7 Å². The van der Waals surface area contributed by atoms with Gasteiger partial charge in [0.2, 0.25) is 0 Å². The Labute approximate surface area is 184 Å². The van der Waals surface area contributed by atoms with E-state index in [1.165, 1.54) is 11.1 Å². The molecule has 4 rings (SSSR count). The summed E-state index contributed by atoms with van der Waals surface area (Å²) < 4.78 is 5.68. The van der Waals surface area contributed by atoms with Crippen molar-refractivity contribution in [2.45, 2.75) is 32.2 Å². The van der Waals surface area contributed by atoms with Crippen LogP contribution >= 0.6 is 0 Å². The lowest BCUT2D eigenvalue weighted by Crippen LogP contribution is -2.34. The maximum atomic E-state index is 5.68. The molecule has 3 aromatic rings. The molecule has 0 spiro atoms. The highest BCUT2D eigenvalue weighted by atomic mass is 16.5. The summed E-state index contributed by atoms with van der Waals surface area (Å²) in [5.41, 5.74) is 4.49. The number of para-hydroxylation sites is 1. The van der Waals surface area contributed by atoms with Crippen molar-refractivity contribution < 1.29 is 4.74 Å². The number of benzene rings is 1. The van der Waals surface area contributed by atoms with E-state index in [0.29, 0.717) is 5.92 Å². The molecule has 6 nitrogen and oxygen atoms in total. The molecule has 31 heavy (non-hydrogen) atoms. The fourth-order valence-electron chi connectivity index (χ4n) is 4.33. The standard InChI is InChI=1S/C25H31N5O/c1-18-8-5-9-21(24(18)31-4)17-30-13-7-11-20(16-30)22-14-23(29(2)3)28-25(27-22)19-10-6-12-26-15-19/h5-6,8-10,12,14-15,20H,7,11,13,16-17H2,1-4H3/t20-/m1/s1. The van der Waals surface area contributed by atoms with Gasteiger partial charge in [0.15, 0.2) is 5.82 Å². The molecule has 1 aliphatic rings. The number of hydrogen-bond donors (Lipinski definition) is 0. The van der Waals surface area contributed by atoms with Crippen LogP contribution in [0.25, 0.3) is 11.4 Å². The average molecular weight is 418 g/mol. The van der Waals surface area contributed by atoms with E-state index >= 15 is 0 Å². The Morgan fingerprint density at radius 3 is 2.77 bits per heavy atom. The Morgan fingerprint density at radius 1 is 1.16 bits per heavy atom. The molecule has 1 aromatic carbocycles. The molecule has 6 heteroatoms. The minimum absolute atomic E-state index is 0.377. The first-order valence-corrected chi connectivity index (χ1v) is 10.9. The Kier molecular flexibility index (Phi) is 6.47. The third kappa shape index (κ3) is 4.85. The summed E-state index contributed by atoms with van der Waals surface area (Å²) >= 11 is 0. The van der Waals surface area contributed by atoms with Crippen LogP contribution in [0.3, 0.4) is 0 Å². The summed E-state index contributed by atoms with van der Waals surface area (Å²) in [7, 11) is 5.81. The van der Waals surface area contributed by atoms with E-state index in [1.807, 2.05) is 37.3 Å². The molecular formula is C25H31N5O. The van der Waals surface area contributed by atoms with Gasteiger partial charge in [0.25, 0.3) is 0 Å². The van der Waals surface area contributed by atoms with Gasteiger partial charge in [-0.05, 0) is 44.0 Å². The number of pyridine rings is 1. The molecular weight excluding hydrogens is 386 g/mol.